The first kappa shape index (κ1) is 60.0. The average molecular weight is 933 g/mol. The largest absolute Gasteiger partial charge is 0.472 e. The molecule has 15 heteroatoms. The summed E-state index contributed by atoms with van der Waals surface area (Å²) in [5, 5.41) is 60.5. The monoisotopic (exact) mass is 933 g/mol. The highest BCUT2D eigenvalue weighted by atomic mass is 31.2. The second-order valence-electron chi connectivity index (χ2n) is 17.5. The van der Waals surface area contributed by atoms with Gasteiger partial charge in [-0.1, -0.05) is 185 Å². The smallest absolute Gasteiger partial charge is 0.462 e. The Hall–Kier alpha value is -1.97. The maximum absolute atomic E-state index is 12.8. The minimum atomic E-state index is -5.16. The Morgan fingerprint density at radius 1 is 0.562 bits per heavy atom. The first-order chi connectivity index (χ1) is 30.8. The average Bonchev–Trinajstić information content (AvgIpc) is 3.27. The molecule has 0 aliphatic heterocycles. The molecule has 1 rings (SSSR count). The number of carbonyl (C=O) groups is 2. The van der Waals surface area contributed by atoms with Crippen molar-refractivity contribution in [3.63, 3.8) is 0 Å². The number of hydrogen-bond donors (Lipinski definition) is 7. The van der Waals surface area contributed by atoms with Crippen molar-refractivity contribution in [3.05, 3.63) is 36.5 Å². The third-order valence-electron chi connectivity index (χ3n) is 11.6. The second-order valence-corrected chi connectivity index (χ2v) is 18.9. The lowest BCUT2D eigenvalue weighted by atomic mass is 9.85. The van der Waals surface area contributed by atoms with Crippen molar-refractivity contribution in [2.75, 3.05) is 13.2 Å². The Labute approximate surface area is 385 Å². The standard InChI is InChI=1S/C49H89O14P/c1-3-5-7-9-11-13-15-17-18-19-20-22-24-26-28-30-32-36-43(52)62-41(39-61-64(58,59)63-49-47(56)45(54)44(53)46(55)48(49)57)38-60-42(51)37-33-35-40(50)34-31-29-27-25-23-21-16-14-12-10-8-6-4-2/h21,23,27,29,31,34,40-41,44-50,53-57H,3-20,22,24-26,28,30,32-33,35-39H2,1-2H3,(H,58,59)/b23-21+,29-27+,34-31+/t40?,41-,44?,45-,46+,47-,48-,49?/m1/s1. The van der Waals surface area contributed by atoms with Crippen molar-refractivity contribution >= 4 is 19.8 Å². The Balaban J connectivity index is 2.50. The molecule has 64 heavy (non-hydrogen) atoms. The van der Waals surface area contributed by atoms with E-state index in [1.54, 1.807) is 12.2 Å². The molecule has 0 radical (unpaired) electrons. The molecule has 9 atom stereocenters. The van der Waals surface area contributed by atoms with Gasteiger partial charge in [-0.2, -0.15) is 0 Å². The van der Waals surface area contributed by atoms with Crippen LogP contribution < -0.4 is 0 Å². The zero-order chi connectivity index (χ0) is 47.3. The summed E-state index contributed by atoms with van der Waals surface area (Å²) >= 11 is 0. The van der Waals surface area contributed by atoms with Crippen molar-refractivity contribution in [1.82, 2.24) is 0 Å². The van der Waals surface area contributed by atoms with E-state index in [0.29, 0.717) is 19.3 Å². The van der Waals surface area contributed by atoms with Crippen LogP contribution in [0.3, 0.4) is 0 Å². The van der Waals surface area contributed by atoms with E-state index in [-0.39, 0.29) is 12.8 Å². The lowest BCUT2D eigenvalue weighted by Gasteiger charge is -2.41. The van der Waals surface area contributed by atoms with E-state index >= 15 is 0 Å². The van der Waals surface area contributed by atoms with Gasteiger partial charge in [-0.3, -0.25) is 18.6 Å². The van der Waals surface area contributed by atoms with E-state index in [0.717, 1.165) is 38.5 Å². The van der Waals surface area contributed by atoms with Crippen LogP contribution in [0.15, 0.2) is 36.5 Å². The molecular formula is C49H89O14P. The minimum absolute atomic E-state index is 0.0551. The van der Waals surface area contributed by atoms with Gasteiger partial charge < -0.3 is 45.0 Å². The van der Waals surface area contributed by atoms with Gasteiger partial charge in [-0.05, 0) is 38.5 Å². The first-order valence-corrected chi connectivity index (χ1v) is 26.4. The molecule has 0 amide bonds. The first-order valence-electron chi connectivity index (χ1n) is 24.9. The molecule has 0 heterocycles. The topological polar surface area (TPSA) is 230 Å². The molecule has 374 valence electrons. The third-order valence-corrected chi connectivity index (χ3v) is 12.6. The number of phosphoric acid groups is 1. The maximum atomic E-state index is 12.8. The number of rotatable bonds is 41. The zero-order valence-corrected chi connectivity index (χ0v) is 40.3. The van der Waals surface area contributed by atoms with Gasteiger partial charge in [0, 0.05) is 12.8 Å². The SMILES string of the molecule is CCCCCCCC/C=C/C/C=C/C=C/C(O)CCCC(=O)OC[C@H](COP(=O)(O)OC1[C@H](O)[C@H](O)C(O)[C@H](O)[C@H]1O)OC(=O)CCCCCCCCCCCCCCCCCCC. The second kappa shape index (κ2) is 39.1. The van der Waals surface area contributed by atoms with E-state index in [9.17, 15) is 49.7 Å². The number of aliphatic hydroxyl groups is 6. The summed E-state index contributed by atoms with van der Waals surface area (Å²) in [6.07, 6.45) is 27.9. The normalized spacial score (nSPS) is 22.3. The van der Waals surface area contributed by atoms with E-state index in [1.807, 2.05) is 12.2 Å². The number of unbranched alkanes of at least 4 members (excludes halogenated alkanes) is 22. The quantitative estimate of drug-likeness (QED) is 0.00997. The fraction of sp³-hybridized carbons (Fsp3) is 0.837. The maximum Gasteiger partial charge on any atom is 0.472 e. The van der Waals surface area contributed by atoms with Gasteiger partial charge in [0.25, 0.3) is 0 Å². The molecule has 0 saturated heterocycles. The summed E-state index contributed by atoms with van der Waals surface area (Å²) in [7, 11) is -5.16. The van der Waals surface area contributed by atoms with Crippen molar-refractivity contribution in [2.24, 2.45) is 0 Å². The molecule has 1 aliphatic rings. The van der Waals surface area contributed by atoms with Gasteiger partial charge in [-0.25, -0.2) is 4.57 Å². The molecule has 0 aromatic heterocycles. The van der Waals surface area contributed by atoms with Crippen LogP contribution in [-0.2, 0) is 32.7 Å². The number of hydrogen-bond acceptors (Lipinski definition) is 13. The molecule has 7 N–H and O–H groups in total. The van der Waals surface area contributed by atoms with E-state index in [1.165, 1.54) is 116 Å². The van der Waals surface area contributed by atoms with Crippen LogP contribution in [0.25, 0.3) is 0 Å². The van der Waals surface area contributed by atoms with Gasteiger partial charge >= 0.3 is 19.8 Å². The molecule has 4 unspecified atom stereocenters. The number of allylic oxidation sites excluding steroid dienone is 5. The molecule has 1 saturated carbocycles. The number of ether oxygens (including phenoxy) is 2. The Kier molecular flexibility index (Phi) is 36.7. The van der Waals surface area contributed by atoms with Crippen LogP contribution >= 0.6 is 7.82 Å². The summed E-state index contributed by atoms with van der Waals surface area (Å²) in [5.74, 6) is -1.29. The Morgan fingerprint density at radius 2 is 1.03 bits per heavy atom. The Bertz CT molecular complexity index is 1280. The van der Waals surface area contributed by atoms with Crippen LogP contribution in [0.5, 0.6) is 0 Å². The number of aliphatic hydroxyl groups excluding tert-OH is 6. The fourth-order valence-electron chi connectivity index (χ4n) is 7.53. The van der Waals surface area contributed by atoms with Crippen LogP contribution in [0.1, 0.15) is 200 Å². The van der Waals surface area contributed by atoms with E-state index in [4.69, 9.17) is 18.5 Å². The minimum Gasteiger partial charge on any atom is -0.462 e. The number of esters is 2. The molecule has 0 bridgehead atoms. The third kappa shape index (κ3) is 31.1. The molecular weight excluding hydrogens is 843 g/mol. The highest BCUT2D eigenvalue weighted by Gasteiger charge is 2.51. The predicted molar refractivity (Wildman–Crippen MR) is 250 cm³/mol. The summed E-state index contributed by atoms with van der Waals surface area (Å²) in [5.41, 5.74) is 0. The zero-order valence-electron chi connectivity index (χ0n) is 39.4. The predicted octanol–water partition coefficient (Wildman–Crippen LogP) is 9.14. The summed E-state index contributed by atoms with van der Waals surface area (Å²) in [6.45, 7) is 3.15. The van der Waals surface area contributed by atoms with Crippen molar-refractivity contribution in [3.8, 4) is 0 Å². The van der Waals surface area contributed by atoms with Gasteiger partial charge in [0.2, 0.25) is 0 Å². The summed E-state index contributed by atoms with van der Waals surface area (Å²) in [4.78, 5) is 35.8. The number of carbonyl (C=O) groups excluding carboxylic acids is 2. The fourth-order valence-corrected chi connectivity index (χ4v) is 8.51. The molecule has 0 aromatic rings. The highest BCUT2D eigenvalue weighted by molar-refractivity contribution is 7.47. The van der Waals surface area contributed by atoms with E-state index in [2.05, 4.69) is 26.0 Å². The molecule has 1 fully saturated rings. The van der Waals surface area contributed by atoms with Crippen LogP contribution in [-0.4, -0.2) is 110 Å². The van der Waals surface area contributed by atoms with Gasteiger partial charge in [-0.15, -0.1) is 0 Å². The van der Waals surface area contributed by atoms with Crippen LogP contribution in [0.4, 0.5) is 0 Å². The van der Waals surface area contributed by atoms with E-state index < -0.39 is 81.8 Å². The van der Waals surface area contributed by atoms with Gasteiger partial charge in [0.05, 0.1) is 12.7 Å². The highest BCUT2D eigenvalue weighted by Crippen LogP contribution is 2.47. The molecule has 1 aliphatic carbocycles. The molecule has 0 aromatic carbocycles. The molecule has 14 nitrogen and oxygen atoms in total. The van der Waals surface area contributed by atoms with Gasteiger partial charge in [0.1, 0.15) is 43.2 Å². The summed E-state index contributed by atoms with van der Waals surface area (Å²) in [6, 6.07) is 0. The Morgan fingerprint density at radius 3 is 1.56 bits per heavy atom. The van der Waals surface area contributed by atoms with Crippen LogP contribution in [0, 0.1) is 0 Å². The lowest BCUT2D eigenvalue weighted by molar-refractivity contribution is -0.220. The van der Waals surface area contributed by atoms with Gasteiger partial charge in [0.15, 0.2) is 6.10 Å². The number of phosphoric ester groups is 1. The van der Waals surface area contributed by atoms with Crippen molar-refractivity contribution < 1.29 is 68.2 Å². The van der Waals surface area contributed by atoms with Crippen molar-refractivity contribution in [2.45, 2.75) is 249 Å². The van der Waals surface area contributed by atoms with Crippen molar-refractivity contribution in [1.29, 1.82) is 0 Å². The van der Waals surface area contributed by atoms with Crippen LogP contribution in [0.2, 0.25) is 0 Å². The molecule has 0 spiro atoms. The summed E-state index contributed by atoms with van der Waals surface area (Å²) < 4.78 is 33.5. The lowest BCUT2D eigenvalue weighted by Crippen LogP contribution is -2.64.